The van der Waals surface area contributed by atoms with Gasteiger partial charge >= 0.3 is 5.97 Å². The number of thioether (sulfide) groups is 1. The van der Waals surface area contributed by atoms with Crippen molar-refractivity contribution in [3.8, 4) is 0 Å². The third kappa shape index (κ3) is 4.39. The molecule has 0 aliphatic heterocycles. The van der Waals surface area contributed by atoms with Crippen LogP contribution in [0.25, 0.3) is 0 Å². The molecule has 0 saturated carbocycles. The van der Waals surface area contributed by atoms with E-state index in [0.29, 0.717) is 23.1 Å². The summed E-state index contributed by atoms with van der Waals surface area (Å²) < 4.78 is 5.96. The summed E-state index contributed by atoms with van der Waals surface area (Å²) in [7, 11) is 0. The number of hydrogen-bond acceptors (Lipinski definition) is 8. The lowest BCUT2D eigenvalue weighted by molar-refractivity contribution is -0.113. The van der Waals surface area contributed by atoms with Gasteiger partial charge in [0.15, 0.2) is 4.34 Å². The smallest absolute Gasteiger partial charge is 0.341 e. The van der Waals surface area contributed by atoms with Crippen LogP contribution in [0.2, 0.25) is 0 Å². The summed E-state index contributed by atoms with van der Waals surface area (Å²) in [5.41, 5.74) is 3.23. The number of nitrogens with one attached hydrogen (secondary N) is 1. The van der Waals surface area contributed by atoms with Gasteiger partial charge in [-0.15, -0.1) is 21.5 Å². The zero-order chi connectivity index (χ0) is 17.8. The van der Waals surface area contributed by atoms with E-state index in [1.165, 1.54) is 39.3 Å². The van der Waals surface area contributed by atoms with Crippen LogP contribution in [0.15, 0.2) is 9.85 Å². The van der Waals surface area contributed by atoms with Gasteiger partial charge in [0.05, 0.1) is 17.9 Å². The number of fused-ring (bicyclic) bond motifs is 1. The molecule has 1 aliphatic carbocycles. The van der Waals surface area contributed by atoms with E-state index in [-0.39, 0.29) is 17.6 Å². The van der Waals surface area contributed by atoms with E-state index in [9.17, 15) is 9.59 Å². The van der Waals surface area contributed by atoms with Crippen LogP contribution in [0, 0.1) is 5.92 Å². The lowest BCUT2D eigenvalue weighted by Crippen LogP contribution is -2.17. The van der Waals surface area contributed by atoms with Gasteiger partial charge < -0.3 is 10.1 Å². The number of amides is 1. The Balaban J connectivity index is 1.77. The molecule has 1 atom stereocenters. The normalized spacial score (nSPS) is 16.3. The van der Waals surface area contributed by atoms with Gasteiger partial charge in [0.25, 0.3) is 0 Å². The summed E-state index contributed by atoms with van der Waals surface area (Å²) in [6.07, 6.45) is 2.86. The lowest BCUT2D eigenvalue weighted by atomic mass is 9.88. The van der Waals surface area contributed by atoms with Gasteiger partial charge in [-0.25, -0.2) is 4.79 Å². The molecule has 1 amide bonds. The van der Waals surface area contributed by atoms with Gasteiger partial charge in [-0.2, -0.15) is 0 Å². The molecule has 1 N–H and O–H groups in total. The molecule has 134 valence electrons. The minimum Gasteiger partial charge on any atom is -0.462 e. The number of thiophene rings is 1. The molecule has 0 aromatic carbocycles. The van der Waals surface area contributed by atoms with E-state index >= 15 is 0 Å². The van der Waals surface area contributed by atoms with Crippen LogP contribution in [0.5, 0.6) is 0 Å². The Bertz CT molecular complexity index is 758. The minimum atomic E-state index is -0.346. The highest BCUT2D eigenvalue weighted by molar-refractivity contribution is 8.01. The number of nitrogens with zero attached hydrogens (tertiary/aromatic N) is 2. The molecule has 2 heterocycles. The van der Waals surface area contributed by atoms with Crippen molar-refractivity contribution in [3.63, 3.8) is 0 Å². The quantitative estimate of drug-likeness (QED) is 0.592. The van der Waals surface area contributed by atoms with Crippen LogP contribution in [0.3, 0.4) is 0 Å². The molecular formula is C16H19N3O3S3. The van der Waals surface area contributed by atoms with Crippen LogP contribution in [-0.4, -0.2) is 34.4 Å². The van der Waals surface area contributed by atoms with Gasteiger partial charge in [-0.1, -0.05) is 30.0 Å². The molecule has 0 radical (unpaired) electrons. The molecule has 0 unspecified atom stereocenters. The maximum absolute atomic E-state index is 12.4. The summed E-state index contributed by atoms with van der Waals surface area (Å²) in [6, 6.07) is 0. The molecule has 3 rings (SSSR count). The van der Waals surface area contributed by atoms with Crippen LogP contribution in [0.1, 0.15) is 41.1 Å². The van der Waals surface area contributed by atoms with Gasteiger partial charge in [0.1, 0.15) is 10.5 Å². The zero-order valence-corrected chi connectivity index (χ0v) is 16.5. The Kier molecular flexibility index (Phi) is 6.08. The Hall–Kier alpha value is -1.45. The highest BCUT2D eigenvalue weighted by atomic mass is 32.2. The standard InChI is InChI=1S/C16H19N3O3S3/c1-3-22-15(21)13-10-5-4-9(2)6-11(10)25-14(13)18-12(20)7-23-16-19-17-8-24-16/h8-9H,3-7H2,1-2H3,(H,18,20)/t9-/m0/s1. The summed E-state index contributed by atoms with van der Waals surface area (Å²) in [5, 5.41) is 11.2. The van der Waals surface area contributed by atoms with Gasteiger partial charge in [0.2, 0.25) is 5.91 Å². The number of carbonyl (C=O) groups is 2. The Labute approximate surface area is 158 Å². The van der Waals surface area contributed by atoms with E-state index in [1.54, 1.807) is 12.4 Å². The Morgan fingerprint density at radius 1 is 1.48 bits per heavy atom. The van der Waals surface area contributed by atoms with E-state index in [2.05, 4.69) is 22.4 Å². The van der Waals surface area contributed by atoms with E-state index < -0.39 is 0 Å². The first-order chi connectivity index (χ1) is 12.1. The van der Waals surface area contributed by atoms with Gasteiger partial charge in [-0.05, 0) is 37.7 Å². The second-order valence-corrected chi connectivity index (χ2v) is 8.98. The van der Waals surface area contributed by atoms with Crippen molar-refractivity contribution in [2.45, 2.75) is 37.4 Å². The fourth-order valence-corrected chi connectivity index (χ4v) is 5.48. The van der Waals surface area contributed by atoms with Crippen LogP contribution in [0.4, 0.5) is 5.00 Å². The molecule has 2 aromatic rings. The number of hydrogen-bond donors (Lipinski definition) is 1. The van der Waals surface area contributed by atoms with Crippen molar-refractivity contribution in [2.24, 2.45) is 5.92 Å². The van der Waals surface area contributed by atoms with Crippen molar-refractivity contribution in [3.05, 3.63) is 21.5 Å². The van der Waals surface area contributed by atoms with Gasteiger partial charge in [0, 0.05) is 4.88 Å². The molecule has 25 heavy (non-hydrogen) atoms. The highest BCUT2D eigenvalue weighted by Crippen LogP contribution is 2.40. The Morgan fingerprint density at radius 3 is 3.04 bits per heavy atom. The zero-order valence-electron chi connectivity index (χ0n) is 14.0. The van der Waals surface area contributed by atoms with Crippen molar-refractivity contribution in [2.75, 3.05) is 17.7 Å². The van der Waals surface area contributed by atoms with Crippen LogP contribution in [-0.2, 0) is 22.4 Å². The predicted octanol–water partition coefficient (Wildman–Crippen LogP) is 3.63. The first-order valence-corrected chi connectivity index (χ1v) is 10.8. The number of esters is 1. The van der Waals surface area contributed by atoms with Crippen molar-refractivity contribution >= 4 is 51.3 Å². The lowest BCUT2D eigenvalue weighted by Gasteiger charge is -2.18. The second-order valence-electron chi connectivity index (χ2n) is 5.82. The minimum absolute atomic E-state index is 0.155. The fraction of sp³-hybridized carbons (Fsp3) is 0.500. The molecule has 0 fully saturated rings. The van der Waals surface area contributed by atoms with E-state index in [1.807, 2.05) is 0 Å². The van der Waals surface area contributed by atoms with E-state index in [4.69, 9.17) is 4.74 Å². The average Bonchev–Trinajstić information content (AvgIpc) is 3.19. The number of carbonyl (C=O) groups excluding carboxylic acids is 2. The maximum atomic E-state index is 12.4. The van der Waals surface area contributed by atoms with Crippen molar-refractivity contribution in [1.29, 1.82) is 0 Å². The first kappa shape index (κ1) is 18.3. The monoisotopic (exact) mass is 397 g/mol. The SMILES string of the molecule is CCOC(=O)c1c(NC(=O)CSc2nncs2)sc2c1CC[C@H](C)C2. The topological polar surface area (TPSA) is 81.2 Å². The van der Waals surface area contributed by atoms with Crippen LogP contribution < -0.4 is 5.32 Å². The summed E-state index contributed by atoms with van der Waals surface area (Å²) in [4.78, 5) is 25.9. The summed E-state index contributed by atoms with van der Waals surface area (Å²) in [6.45, 7) is 4.32. The molecule has 6 nitrogen and oxygen atoms in total. The number of aromatic nitrogens is 2. The number of anilines is 1. The predicted molar refractivity (Wildman–Crippen MR) is 101 cm³/mol. The molecule has 0 saturated heterocycles. The third-order valence-electron chi connectivity index (χ3n) is 3.91. The number of ether oxygens (including phenoxy) is 1. The molecule has 2 aromatic heterocycles. The summed E-state index contributed by atoms with van der Waals surface area (Å²) in [5.74, 6) is 0.327. The molecule has 0 bridgehead atoms. The molecule has 9 heteroatoms. The Morgan fingerprint density at radius 2 is 2.32 bits per heavy atom. The van der Waals surface area contributed by atoms with Crippen LogP contribution >= 0.6 is 34.4 Å². The molecular weight excluding hydrogens is 378 g/mol. The van der Waals surface area contributed by atoms with Crippen molar-refractivity contribution in [1.82, 2.24) is 10.2 Å². The van der Waals surface area contributed by atoms with Crippen molar-refractivity contribution < 1.29 is 14.3 Å². The number of rotatable bonds is 6. The first-order valence-electron chi connectivity index (χ1n) is 8.09. The summed E-state index contributed by atoms with van der Waals surface area (Å²) >= 11 is 4.24. The van der Waals surface area contributed by atoms with E-state index in [0.717, 1.165) is 29.2 Å². The van der Waals surface area contributed by atoms with Gasteiger partial charge in [-0.3, -0.25) is 4.79 Å². The highest BCUT2D eigenvalue weighted by Gasteiger charge is 2.29. The fourth-order valence-electron chi connectivity index (χ4n) is 2.77. The largest absolute Gasteiger partial charge is 0.462 e. The molecule has 1 aliphatic rings. The second kappa shape index (κ2) is 8.29. The average molecular weight is 398 g/mol. The third-order valence-corrected chi connectivity index (χ3v) is 6.94. The molecule has 0 spiro atoms. The maximum Gasteiger partial charge on any atom is 0.341 e.